The van der Waals surface area contributed by atoms with Crippen LogP contribution in [0.5, 0.6) is 0 Å². The molecule has 0 saturated heterocycles. The predicted molar refractivity (Wildman–Crippen MR) is 116 cm³/mol. The van der Waals surface area contributed by atoms with E-state index in [0.717, 1.165) is 0 Å². The highest BCUT2D eigenvalue weighted by atomic mass is 19.4. The molecule has 0 heterocycles. The number of alkyl halides is 6. The Balaban J connectivity index is 2.29. The quantitative estimate of drug-likeness (QED) is 0.502. The van der Waals surface area contributed by atoms with Gasteiger partial charge in [-0.3, -0.25) is 4.79 Å². The SMILES string of the molecule is NCCNC1CCC(c2ccccc2)(c2c(CC(N)=O)cc(C(F)(F)F)cc2C(F)(F)F)CC1. The molecular formula is C24H27F6N3O. The van der Waals surface area contributed by atoms with Gasteiger partial charge in [0.2, 0.25) is 5.91 Å². The summed E-state index contributed by atoms with van der Waals surface area (Å²) < 4.78 is 83.5. The highest BCUT2D eigenvalue weighted by molar-refractivity contribution is 5.77. The molecule has 3 rings (SSSR count). The van der Waals surface area contributed by atoms with E-state index in [1.165, 1.54) is 0 Å². The van der Waals surface area contributed by atoms with Crippen molar-refractivity contribution in [1.29, 1.82) is 0 Å². The van der Waals surface area contributed by atoms with E-state index in [-0.39, 0.29) is 36.1 Å². The second-order valence-corrected chi connectivity index (χ2v) is 8.66. The Morgan fingerprint density at radius 3 is 2.12 bits per heavy atom. The Kier molecular flexibility index (Phi) is 7.62. The van der Waals surface area contributed by atoms with Gasteiger partial charge in [-0.1, -0.05) is 30.3 Å². The number of halogens is 6. The van der Waals surface area contributed by atoms with Crippen LogP contribution in [0.15, 0.2) is 42.5 Å². The number of hydrogen-bond donors (Lipinski definition) is 3. The number of amides is 1. The Labute approximate surface area is 193 Å². The molecule has 0 atom stereocenters. The molecular weight excluding hydrogens is 460 g/mol. The first kappa shape index (κ1) is 26.0. The topological polar surface area (TPSA) is 81.1 Å². The summed E-state index contributed by atoms with van der Waals surface area (Å²) >= 11 is 0. The molecule has 0 aromatic heterocycles. The second kappa shape index (κ2) is 9.95. The van der Waals surface area contributed by atoms with Gasteiger partial charge in [0.15, 0.2) is 0 Å². The summed E-state index contributed by atoms with van der Waals surface area (Å²) in [5, 5.41) is 3.26. The highest BCUT2D eigenvalue weighted by Gasteiger charge is 2.48. The standard InChI is InChI=1S/C24H27F6N3O/c25-23(26,27)17-12-15(13-20(32)34)21(19(14-17)24(28,29)30)22(16-4-2-1-3-5-16)8-6-18(7-9-22)33-11-10-31/h1-5,12,14,18,33H,6-11,13,31H2,(H2,32,34). The van der Waals surface area contributed by atoms with Gasteiger partial charge in [0.1, 0.15) is 0 Å². The lowest BCUT2D eigenvalue weighted by atomic mass is 9.61. The molecule has 0 unspecified atom stereocenters. The molecule has 0 aliphatic heterocycles. The van der Waals surface area contributed by atoms with E-state index in [2.05, 4.69) is 5.32 Å². The van der Waals surface area contributed by atoms with E-state index in [9.17, 15) is 31.1 Å². The van der Waals surface area contributed by atoms with E-state index >= 15 is 0 Å². The minimum absolute atomic E-state index is 0.0174. The zero-order valence-electron chi connectivity index (χ0n) is 18.4. The Bertz CT molecular complexity index is 996. The zero-order valence-corrected chi connectivity index (χ0v) is 18.4. The van der Waals surface area contributed by atoms with Gasteiger partial charge in [-0.25, -0.2) is 0 Å². The van der Waals surface area contributed by atoms with Crippen LogP contribution in [0.3, 0.4) is 0 Å². The maximum Gasteiger partial charge on any atom is 0.416 e. The molecule has 1 fully saturated rings. The van der Waals surface area contributed by atoms with Crippen molar-refractivity contribution in [2.24, 2.45) is 11.5 Å². The first-order chi connectivity index (χ1) is 15.9. The number of hydrogen-bond acceptors (Lipinski definition) is 3. The Morgan fingerprint density at radius 2 is 1.62 bits per heavy atom. The summed E-state index contributed by atoms with van der Waals surface area (Å²) in [5.41, 5.74) is 6.67. The molecule has 186 valence electrons. The molecule has 0 radical (unpaired) electrons. The number of carbonyl (C=O) groups is 1. The summed E-state index contributed by atoms with van der Waals surface area (Å²) in [6.45, 7) is 0.949. The van der Waals surface area contributed by atoms with Crippen LogP contribution in [0, 0.1) is 0 Å². The van der Waals surface area contributed by atoms with Crippen molar-refractivity contribution in [2.75, 3.05) is 13.1 Å². The molecule has 1 saturated carbocycles. The summed E-state index contributed by atoms with van der Waals surface area (Å²) in [6.07, 6.45) is -9.34. The van der Waals surface area contributed by atoms with Gasteiger partial charge in [-0.2, -0.15) is 26.3 Å². The lowest BCUT2D eigenvalue weighted by Gasteiger charge is -2.44. The summed E-state index contributed by atoms with van der Waals surface area (Å²) in [5.74, 6) is -1.00. The molecule has 1 aliphatic carbocycles. The van der Waals surface area contributed by atoms with E-state index < -0.39 is 41.2 Å². The maximum atomic E-state index is 14.3. The van der Waals surface area contributed by atoms with Crippen molar-refractivity contribution >= 4 is 5.91 Å². The van der Waals surface area contributed by atoms with E-state index in [0.29, 0.717) is 37.6 Å². The van der Waals surface area contributed by atoms with Crippen LogP contribution < -0.4 is 16.8 Å². The molecule has 4 nitrogen and oxygen atoms in total. The van der Waals surface area contributed by atoms with Crippen LogP contribution in [0.4, 0.5) is 26.3 Å². The largest absolute Gasteiger partial charge is 0.416 e. The van der Waals surface area contributed by atoms with Crippen molar-refractivity contribution in [1.82, 2.24) is 5.32 Å². The van der Waals surface area contributed by atoms with Crippen LogP contribution in [-0.2, 0) is 29.0 Å². The fourth-order valence-electron chi connectivity index (χ4n) is 5.02. The van der Waals surface area contributed by atoms with Crippen molar-refractivity contribution in [3.63, 3.8) is 0 Å². The normalized spacial score (nSPS) is 21.4. The van der Waals surface area contributed by atoms with Crippen LogP contribution in [0.25, 0.3) is 0 Å². The summed E-state index contributed by atoms with van der Waals surface area (Å²) in [4.78, 5) is 11.8. The number of rotatable bonds is 7. The molecule has 34 heavy (non-hydrogen) atoms. The molecule has 10 heteroatoms. The van der Waals surface area contributed by atoms with Crippen molar-refractivity contribution in [3.8, 4) is 0 Å². The first-order valence-electron chi connectivity index (χ1n) is 11.0. The van der Waals surface area contributed by atoms with Crippen LogP contribution >= 0.6 is 0 Å². The van der Waals surface area contributed by atoms with Gasteiger partial charge >= 0.3 is 12.4 Å². The Hall–Kier alpha value is -2.59. The van der Waals surface area contributed by atoms with E-state index in [1.54, 1.807) is 30.3 Å². The van der Waals surface area contributed by atoms with E-state index in [4.69, 9.17) is 11.5 Å². The van der Waals surface area contributed by atoms with Crippen molar-refractivity contribution in [3.05, 3.63) is 70.3 Å². The molecule has 1 amide bonds. The second-order valence-electron chi connectivity index (χ2n) is 8.66. The van der Waals surface area contributed by atoms with E-state index in [1.807, 2.05) is 0 Å². The highest BCUT2D eigenvalue weighted by Crippen LogP contribution is 2.51. The monoisotopic (exact) mass is 487 g/mol. The minimum Gasteiger partial charge on any atom is -0.369 e. The van der Waals surface area contributed by atoms with Gasteiger partial charge in [-0.15, -0.1) is 0 Å². The van der Waals surface area contributed by atoms with Gasteiger partial charge in [0.25, 0.3) is 0 Å². The average molecular weight is 487 g/mol. The van der Waals surface area contributed by atoms with Crippen molar-refractivity contribution in [2.45, 2.75) is 55.9 Å². The lowest BCUT2D eigenvalue weighted by molar-refractivity contribution is -0.144. The van der Waals surface area contributed by atoms with Gasteiger partial charge in [0.05, 0.1) is 17.5 Å². The predicted octanol–water partition coefficient (Wildman–Crippen LogP) is 4.53. The fraction of sp³-hybridized carbons (Fsp3) is 0.458. The summed E-state index contributed by atoms with van der Waals surface area (Å²) in [7, 11) is 0. The number of nitrogens with two attached hydrogens (primary N) is 2. The average Bonchev–Trinajstić information content (AvgIpc) is 2.76. The van der Waals surface area contributed by atoms with Crippen LogP contribution in [0.1, 0.15) is 53.5 Å². The maximum absolute atomic E-state index is 14.3. The molecule has 2 aromatic carbocycles. The molecule has 1 aliphatic rings. The smallest absolute Gasteiger partial charge is 0.369 e. The molecule has 2 aromatic rings. The summed E-state index contributed by atoms with van der Waals surface area (Å²) in [6, 6.07) is 9.25. The van der Waals surface area contributed by atoms with Gasteiger partial charge in [-0.05, 0) is 54.5 Å². The third-order valence-electron chi connectivity index (χ3n) is 6.44. The zero-order chi connectivity index (χ0) is 25.1. The Morgan fingerprint density at radius 1 is 1.00 bits per heavy atom. The molecule has 0 spiro atoms. The number of primary amides is 1. The fourth-order valence-corrected chi connectivity index (χ4v) is 5.02. The van der Waals surface area contributed by atoms with Crippen molar-refractivity contribution < 1.29 is 31.1 Å². The number of benzene rings is 2. The first-order valence-corrected chi connectivity index (χ1v) is 11.0. The molecule has 0 bridgehead atoms. The lowest BCUT2D eigenvalue weighted by Crippen LogP contribution is -2.43. The van der Waals surface area contributed by atoms with Crippen LogP contribution in [-0.4, -0.2) is 25.0 Å². The number of nitrogens with one attached hydrogen (secondary N) is 1. The molecule has 5 N–H and O–H groups in total. The number of carbonyl (C=O) groups excluding carboxylic acids is 1. The van der Waals surface area contributed by atoms with Gasteiger partial charge < -0.3 is 16.8 Å². The third kappa shape index (κ3) is 5.55. The minimum atomic E-state index is -5.07. The van der Waals surface area contributed by atoms with Gasteiger partial charge in [0, 0.05) is 24.5 Å². The van der Waals surface area contributed by atoms with Crippen LogP contribution in [0.2, 0.25) is 0 Å². The third-order valence-corrected chi connectivity index (χ3v) is 6.44.